The van der Waals surface area contributed by atoms with E-state index < -0.39 is 29.2 Å². The van der Waals surface area contributed by atoms with Crippen LogP contribution in [0.5, 0.6) is 28.9 Å². The molecule has 3 aromatic carbocycles. The van der Waals surface area contributed by atoms with Crippen LogP contribution in [0.2, 0.25) is 0 Å². The summed E-state index contributed by atoms with van der Waals surface area (Å²) in [6.07, 6.45) is 2.21. The fraction of sp³-hybridized carbons (Fsp3) is 0.171. The van der Waals surface area contributed by atoms with Gasteiger partial charge in [-0.3, -0.25) is 4.99 Å². The number of carbonyl (C=O) groups excluding carboxylic acids is 1. The van der Waals surface area contributed by atoms with Crippen LogP contribution in [0.25, 0.3) is 0 Å². The largest absolute Gasteiger partial charge is 0.485 e. The van der Waals surface area contributed by atoms with Crippen molar-refractivity contribution < 1.29 is 32.5 Å². The molecule has 5 aromatic rings. The molecule has 0 saturated carbocycles. The SMILES string of the molecule is COC(=O)c1cnc(Sc2ccc(Oc3c(F)cnc(Oc4cc(C#N)ccc4OCc4ccccc4)c3F)c(C3=NCCN3C)c2)n1C. The van der Waals surface area contributed by atoms with Gasteiger partial charge >= 0.3 is 5.97 Å². The molecular formula is C35H28F2N6O5S. The second-order valence-corrected chi connectivity index (χ2v) is 11.7. The van der Waals surface area contributed by atoms with E-state index in [0.717, 1.165) is 11.8 Å². The quantitative estimate of drug-likeness (QED) is 0.138. The summed E-state index contributed by atoms with van der Waals surface area (Å²) in [5, 5.41) is 9.98. The number of likely N-dealkylation sites (N-methyl/N-ethyl adjacent to an activating group) is 1. The van der Waals surface area contributed by atoms with Gasteiger partial charge in [-0.2, -0.15) is 9.65 Å². The van der Waals surface area contributed by atoms with Gasteiger partial charge in [-0.1, -0.05) is 42.1 Å². The third-order valence-corrected chi connectivity index (χ3v) is 8.48. The summed E-state index contributed by atoms with van der Waals surface area (Å²) in [6.45, 7) is 1.34. The van der Waals surface area contributed by atoms with Crippen molar-refractivity contribution in [1.29, 1.82) is 5.26 Å². The predicted octanol–water partition coefficient (Wildman–Crippen LogP) is 6.76. The third kappa shape index (κ3) is 7.16. The molecule has 49 heavy (non-hydrogen) atoms. The summed E-state index contributed by atoms with van der Waals surface area (Å²) >= 11 is 1.27. The molecule has 0 N–H and O–H groups in total. The first-order valence-corrected chi connectivity index (χ1v) is 15.7. The number of amidine groups is 1. The third-order valence-electron chi connectivity index (χ3n) is 7.43. The molecule has 0 radical (unpaired) electrons. The molecule has 2 aromatic heterocycles. The summed E-state index contributed by atoms with van der Waals surface area (Å²) < 4.78 is 55.3. The second-order valence-electron chi connectivity index (χ2n) is 10.7. The van der Waals surface area contributed by atoms with Crippen LogP contribution < -0.4 is 14.2 Å². The van der Waals surface area contributed by atoms with Crippen LogP contribution in [0.1, 0.15) is 27.2 Å². The molecule has 11 nitrogen and oxygen atoms in total. The van der Waals surface area contributed by atoms with Gasteiger partial charge in [0.15, 0.2) is 22.5 Å². The summed E-state index contributed by atoms with van der Waals surface area (Å²) in [7, 11) is 4.84. The minimum atomic E-state index is -1.20. The standard InChI is InChI=1S/C35H28F2N6O5S/c1-42-14-13-39-32(42)24-16-23(49-35-41-19-26(43(35)2)34(44)45-3)10-12-27(24)47-31-25(36)18-40-33(30(31)37)48-29-15-22(17-38)9-11-28(29)46-20-21-7-5-4-6-8-21/h4-12,15-16,18-19H,13-14,20H2,1-3H3. The highest BCUT2D eigenvalue weighted by atomic mass is 32.2. The molecule has 0 unspecified atom stereocenters. The van der Waals surface area contributed by atoms with Gasteiger partial charge in [0.05, 0.1) is 43.2 Å². The van der Waals surface area contributed by atoms with Crippen molar-refractivity contribution in [2.45, 2.75) is 16.7 Å². The number of nitriles is 1. The predicted molar refractivity (Wildman–Crippen MR) is 175 cm³/mol. The number of carbonyl (C=O) groups is 1. The number of benzene rings is 3. The minimum Gasteiger partial charge on any atom is -0.485 e. The van der Waals surface area contributed by atoms with Gasteiger partial charge in [-0.25, -0.2) is 19.2 Å². The minimum absolute atomic E-state index is 0.00702. The molecule has 0 bridgehead atoms. The number of hydrogen-bond donors (Lipinski definition) is 0. The van der Waals surface area contributed by atoms with Crippen molar-refractivity contribution >= 4 is 23.6 Å². The zero-order valence-corrected chi connectivity index (χ0v) is 27.3. The molecule has 6 rings (SSSR count). The van der Waals surface area contributed by atoms with Crippen LogP contribution in [-0.4, -0.2) is 58.5 Å². The molecular weight excluding hydrogens is 654 g/mol. The molecule has 0 aliphatic carbocycles. The van der Waals surface area contributed by atoms with E-state index >= 15 is 8.78 Å². The smallest absolute Gasteiger partial charge is 0.356 e. The molecule has 0 atom stereocenters. The monoisotopic (exact) mass is 682 g/mol. The van der Waals surface area contributed by atoms with E-state index in [-0.39, 0.29) is 35.1 Å². The summed E-state index contributed by atoms with van der Waals surface area (Å²) in [5.41, 5.74) is 1.87. The molecule has 3 heterocycles. The Morgan fingerprint density at radius 2 is 1.78 bits per heavy atom. The lowest BCUT2D eigenvalue weighted by atomic mass is 10.1. The topological polar surface area (TPSA) is 124 Å². The van der Waals surface area contributed by atoms with Gasteiger partial charge in [0.2, 0.25) is 11.6 Å². The fourth-order valence-corrected chi connectivity index (χ4v) is 5.73. The van der Waals surface area contributed by atoms with Gasteiger partial charge in [0.25, 0.3) is 5.88 Å². The number of imidazole rings is 1. The maximum atomic E-state index is 16.0. The maximum Gasteiger partial charge on any atom is 0.356 e. The Labute approximate surface area is 284 Å². The first-order valence-electron chi connectivity index (χ1n) is 14.8. The van der Waals surface area contributed by atoms with Gasteiger partial charge in [0.1, 0.15) is 23.9 Å². The van der Waals surface area contributed by atoms with Crippen molar-refractivity contribution in [2.24, 2.45) is 12.0 Å². The van der Waals surface area contributed by atoms with Gasteiger partial charge in [-0.15, -0.1) is 0 Å². The van der Waals surface area contributed by atoms with Crippen LogP contribution in [0.4, 0.5) is 8.78 Å². The molecule has 1 aliphatic rings. The van der Waals surface area contributed by atoms with Gasteiger partial charge in [0, 0.05) is 31.6 Å². The number of nitrogens with zero attached hydrogens (tertiary/aromatic N) is 6. The van der Waals surface area contributed by atoms with E-state index in [0.29, 0.717) is 34.5 Å². The highest BCUT2D eigenvalue weighted by Gasteiger charge is 2.25. The Balaban J connectivity index is 1.31. The number of ether oxygens (including phenoxy) is 4. The first kappa shape index (κ1) is 33.0. The van der Waals surface area contributed by atoms with Gasteiger partial charge < -0.3 is 28.4 Å². The van der Waals surface area contributed by atoms with Crippen molar-refractivity contribution in [3.63, 3.8) is 0 Å². The van der Waals surface area contributed by atoms with E-state index in [1.807, 2.05) is 48.3 Å². The highest BCUT2D eigenvalue weighted by molar-refractivity contribution is 7.99. The Morgan fingerprint density at radius 3 is 2.51 bits per heavy atom. The lowest BCUT2D eigenvalue weighted by molar-refractivity contribution is 0.0589. The van der Waals surface area contributed by atoms with Crippen LogP contribution >= 0.6 is 11.8 Å². The average Bonchev–Trinajstić information content (AvgIpc) is 3.72. The molecule has 14 heteroatoms. The normalized spacial score (nSPS) is 12.3. The second kappa shape index (κ2) is 14.4. The molecule has 248 valence electrons. The molecule has 0 fully saturated rings. The number of aliphatic imine (C=N–C) groups is 1. The van der Waals surface area contributed by atoms with Crippen molar-refractivity contribution in [3.05, 3.63) is 113 Å². The number of aromatic nitrogens is 3. The molecule has 0 saturated heterocycles. The zero-order chi connectivity index (χ0) is 34.5. The zero-order valence-electron chi connectivity index (χ0n) is 26.5. The summed E-state index contributed by atoms with van der Waals surface area (Å²) in [6, 6.07) is 20.9. The Hall–Kier alpha value is -5.94. The van der Waals surface area contributed by atoms with Crippen LogP contribution in [0.3, 0.4) is 0 Å². The number of halogens is 2. The van der Waals surface area contributed by atoms with Crippen molar-refractivity contribution in [2.75, 3.05) is 27.2 Å². The van der Waals surface area contributed by atoms with Crippen molar-refractivity contribution in [3.8, 4) is 34.9 Å². The Morgan fingerprint density at radius 1 is 0.980 bits per heavy atom. The van der Waals surface area contributed by atoms with Gasteiger partial charge in [-0.05, 0) is 35.9 Å². The summed E-state index contributed by atoms with van der Waals surface area (Å²) in [4.78, 5) is 27.4. The molecule has 0 amide bonds. The number of esters is 1. The van der Waals surface area contributed by atoms with E-state index in [1.54, 1.807) is 29.8 Å². The van der Waals surface area contributed by atoms with E-state index in [4.69, 9.17) is 18.9 Å². The first-order chi connectivity index (χ1) is 23.7. The van der Waals surface area contributed by atoms with Crippen LogP contribution in [-0.2, 0) is 18.4 Å². The van der Waals surface area contributed by atoms with Crippen LogP contribution in [0, 0.1) is 23.0 Å². The number of methoxy groups -OCH3 is 1. The lowest BCUT2D eigenvalue weighted by Gasteiger charge is -2.19. The average molecular weight is 683 g/mol. The fourth-order valence-electron chi connectivity index (χ4n) is 4.87. The van der Waals surface area contributed by atoms with Crippen molar-refractivity contribution in [1.82, 2.24) is 19.4 Å². The Bertz CT molecular complexity index is 2100. The van der Waals surface area contributed by atoms with E-state index in [9.17, 15) is 10.1 Å². The summed E-state index contributed by atoms with van der Waals surface area (Å²) in [5.74, 6) is -3.21. The highest BCUT2D eigenvalue weighted by Crippen LogP contribution is 2.40. The lowest BCUT2D eigenvalue weighted by Crippen LogP contribution is -2.24. The molecule has 1 aliphatic heterocycles. The maximum absolute atomic E-state index is 16.0. The number of rotatable bonds is 11. The number of pyridine rings is 1. The molecule has 0 spiro atoms. The van der Waals surface area contributed by atoms with E-state index in [1.165, 1.54) is 43.3 Å². The van der Waals surface area contributed by atoms with E-state index in [2.05, 4.69) is 15.0 Å². The Kier molecular flexibility index (Phi) is 9.72. The number of hydrogen-bond acceptors (Lipinski definition) is 11. The van der Waals surface area contributed by atoms with Crippen LogP contribution in [0.15, 0.2) is 94.2 Å².